The monoisotopic (exact) mass is 579 g/mol. The molecule has 0 saturated heterocycles. The molecule has 1 fully saturated rings. The maximum atomic E-state index is 13.2. The highest BCUT2D eigenvalue weighted by Gasteiger charge is 2.51. The number of hydrogen-bond donors (Lipinski definition) is 2. The van der Waals surface area contributed by atoms with Gasteiger partial charge in [0.1, 0.15) is 18.2 Å². The van der Waals surface area contributed by atoms with Crippen LogP contribution in [0.25, 0.3) is 0 Å². The Morgan fingerprint density at radius 1 is 1.13 bits per heavy atom. The smallest absolute Gasteiger partial charge is 0.427 e. The van der Waals surface area contributed by atoms with Crippen molar-refractivity contribution in [3.8, 4) is 5.75 Å². The highest BCUT2D eigenvalue weighted by molar-refractivity contribution is 7.99. The summed E-state index contributed by atoms with van der Waals surface area (Å²) in [5.41, 5.74) is -2.68. The summed E-state index contributed by atoms with van der Waals surface area (Å²) in [6, 6.07) is 8.16. The quantitative estimate of drug-likeness (QED) is 0.334. The molecule has 1 heterocycles. The Morgan fingerprint density at radius 3 is 2.29 bits per heavy atom. The summed E-state index contributed by atoms with van der Waals surface area (Å²) in [5.74, 6) is -0.417. The Hall–Kier alpha value is -2.71. The summed E-state index contributed by atoms with van der Waals surface area (Å²) in [4.78, 5) is 11.8. The fraction of sp³-hybridized carbons (Fsp3) is 0.458. The van der Waals surface area contributed by atoms with Gasteiger partial charge in [0.05, 0.1) is 17.1 Å². The van der Waals surface area contributed by atoms with Gasteiger partial charge in [-0.2, -0.15) is 13.2 Å². The van der Waals surface area contributed by atoms with E-state index in [9.17, 15) is 30.8 Å². The van der Waals surface area contributed by atoms with Gasteiger partial charge in [-0.15, -0.1) is 0 Å². The van der Waals surface area contributed by atoms with E-state index in [1.807, 2.05) is 19.0 Å². The van der Waals surface area contributed by atoms with Crippen LogP contribution in [-0.4, -0.2) is 51.2 Å². The molecular weight excluding hydrogens is 550 g/mol. The fourth-order valence-corrected chi connectivity index (χ4v) is 5.46. The molecule has 0 atom stereocenters. The zero-order valence-corrected chi connectivity index (χ0v) is 22.8. The maximum Gasteiger partial charge on any atom is 0.427 e. The van der Waals surface area contributed by atoms with Crippen LogP contribution in [0.2, 0.25) is 0 Å². The Kier molecular flexibility index (Phi) is 8.78. The van der Waals surface area contributed by atoms with Gasteiger partial charge < -0.3 is 9.47 Å². The van der Waals surface area contributed by atoms with Crippen molar-refractivity contribution in [3.63, 3.8) is 0 Å². The second kappa shape index (κ2) is 11.2. The standard InChI is InChI=1S/C19H18F4N2O5S.C5H11NS/c1-18(2,19(21,22)23)30-17(26)24-13-5-8-16-15(11-13)25(9-10-29-16)31(27,28)14-6-3-12(20)4-7-14;1-5(3-4-5)7-6-2/h3-8,11H,9-10H2,1-2H3,(H,24,26);6H,3-4H2,1-2H3. The van der Waals surface area contributed by atoms with Crippen LogP contribution < -0.4 is 19.1 Å². The maximum absolute atomic E-state index is 13.2. The van der Waals surface area contributed by atoms with Gasteiger partial charge >= 0.3 is 12.3 Å². The second-order valence-corrected chi connectivity index (χ2v) is 12.8. The largest absolute Gasteiger partial charge is 0.489 e. The number of anilines is 2. The average Bonchev–Trinajstić information content (AvgIpc) is 3.55. The summed E-state index contributed by atoms with van der Waals surface area (Å²) in [5, 5.41) is 2.15. The first kappa shape index (κ1) is 29.8. The molecule has 2 aromatic carbocycles. The molecule has 4 rings (SSSR count). The van der Waals surface area contributed by atoms with E-state index in [-0.39, 0.29) is 35.2 Å². The van der Waals surface area contributed by atoms with E-state index in [1.165, 1.54) is 31.0 Å². The van der Waals surface area contributed by atoms with Gasteiger partial charge in [-0.3, -0.25) is 14.3 Å². The lowest BCUT2D eigenvalue weighted by molar-refractivity contribution is -0.242. The fourth-order valence-electron chi connectivity index (χ4n) is 3.21. The van der Waals surface area contributed by atoms with Crippen molar-refractivity contribution >= 4 is 39.4 Å². The first-order valence-electron chi connectivity index (χ1n) is 11.5. The van der Waals surface area contributed by atoms with Crippen molar-refractivity contribution in [2.75, 3.05) is 29.8 Å². The molecule has 210 valence electrons. The number of fused-ring (bicyclic) bond motifs is 1. The molecule has 38 heavy (non-hydrogen) atoms. The van der Waals surface area contributed by atoms with E-state index in [4.69, 9.17) is 4.74 Å². The van der Waals surface area contributed by atoms with E-state index in [2.05, 4.69) is 21.7 Å². The lowest BCUT2D eigenvalue weighted by Gasteiger charge is -2.31. The number of hydrogen-bond acceptors (Lipinski definition) is 7. The number of nitrogens with one attached hydrogen (secondary N) is 2. The molecule has 0 spiro atoms. The van der Waals surface area contributed by atoms with E-state index >= 15 is 0 Å². The molecule has 0 unspecified atom stereocenters. The minimum Gasteiger partial charge on any atom is -0.489 e. The van der Waals surface area contributed by atoms with Crippen molar-refractivity contribution in [1.29, 1.82) is 0 Å². The first-order valence-corrected chi connectivity index (χ1v) is 13.8. The molecule has 0 radical (unpaired) electrons. The second-order valence-electron chi connectivity index (χ2n) is 9.34. The Balaban J connectivity index is 0.000000494. The van der Waals surface area contributed by atoms with Crippen LogP contribution in [0.1, 0.15) is 33.6 Å². The van der Waals surface area contributed by atoms with Gasteiger partial charge in [-0.05, 0) is 83.1 Å². The summed E-state index contributed by atoms with van der Waals surface area (Å²) in [7, 11) is -2.11. The van der Waals surface area contributed by atoms with E-state index < -0.39 is 33.7 Å². The number of amides is 1. The van der Waals surface area contributed by atoms with Gasteiger partial charge in [-0.1, -0.05) is 11.9 Å². The zero-order chi connectivity index (χ0) is 28.4. The summed E-state index contributed by atoms with van der Waals surface area (Å²) in [6.07, 6.45) is -3.38. The lowest BCUT2D eigenvalue weighted by Crippen LogP contribution is -2.44. The molecule has 2 N–H and O–H groups in total. The van der Waals surface area contributed by atoms with Crippen molar-refractivity contribution in [1.82, 2.24) is 4.72 Å². The van der Waals surface area contributed by atoms with Gasteiger partial charge in [0, 0.05) is 10.4 Å². The van der Waals surface area contributed by atoms with Crippen LogP contribution in [0.3, 0.4) is 0 Å². The minimum atomic E-state index is -4.78. The zero-order valence-electron chi connectivity index (χ0n) is 21.2. The summed E-state index contributed by atoms with van der Waals surface area (Å²) < 4.78 is 92.5. The highest BCUT2D eigenvalue weighted by atomic mass is 32.2. The lowest BCUT2D eigenvalue weighted by atomic mass is 10.1. The van der Waals surface area contributed by atoms with E-state index in [0.29, 0.717) is 18.6 Å². The van der Waals surface area contributed by atoms with Crippen LogP contribution in [0.5, 0.6) is 5.75 Å². The van der Waals surface area contributed by atoms with Crippen molar-refractivity contribution < 1.29 is 40.2 Å². The van der Waals surface area contributed by atoms with Crippen molar-refractivity contribution in [2.45, 2.75) is 55.0 Å². The van der Waals surface area contributed by atoms with Crippen LogP contribution in [0.4, 0.5) is 33.7 Å². The summed E-state index contributed by atoms with van der Waals surface area (Å²) in [6.45, 7) is 3.66. The minimum absolute atomic E-state index is 0.00784. The normalized spacial score (nSPS) is 16.4. The molecular formula is C24H29F4N3O5S2. The number of benzene rings is 2. The molecule has 1 aliphatic heterocycles. The number of ether oxygens (including phenoxy) is 2. The molecule has 1 amide bonds. The Morgan fingerprint density at radius 2 is 1.76 bits per heavy atom. The molecule has 2 aliphatic rings. The number of nitrogens with zero attached hydrogens (tertiary/aromatic N) is 1. The number of carbonyl (C=O) groups is 1. The van der Waals surface area contributed by atoms with E-state index in [1.54, 1.807) is 0 Å². The first-order chi connectivity index (χ1) is 17.6. The summed E-state index contributed by atoms with van der Waals surface area (Å²) >= 11 is 1.85. The topological polar surface area (TPSA) is 97.0 Å². The van der Waals surface area contributed by atoms with Crippen molar-refractivity contribution in [2.24, 2.45) is 0 Å². The number of sulfonamides is 1. The average molecular weight is 580 g/mol. The number of halogens is 4. The van der Waals surface area contributed by atoms with Gasteiger partial charge in [0.2, 0.25) is 5.60 Å². The SMILES string of the molecule is CC(C)(OC(=O)Nc1ccc2c(c1)N(S(=O)(=O)c1ccc(F)cc1)CCO2)C(F)(F)F.CNSC1(C)CC1. The van der Waals surface area contributed by atoms with Crippen LogP contribution in [-0.2, 0) is 14.8 Å². The third-order valence-corrected chi connectivity index (χ3v) is 8.69. The third-order valence-electron chi connectivity index (χ3n) is 5.76. The predicted octanol–water partition coefficient (Wildman–Crippen LogP) is 5.71. The number of rotatable bonds is 6. The molecule has 1 saturated carbocycles. The number of carbonyl (C=O) groups excluding carboxylic acids is 1. The molecule has 0 aromatic heterocycles. The van der Waals surface area contributed by atoms with Gasteiger partial charge in [-0.25, -0.2) is 17.6 Å². The van der Waals surface area contributed by atoms with Crippen LogP contribution in [0.15, 0.2) is 47.4 Å². The third kappa shape index (κ3) is 7.23. The van der Waals surface area contributed by atoms with Crippen molar-refractivity contribution in [3.05, 3.63) is 48.3 Å². The van der Waals surface area contributed by atoms with Crippen LogP contribution >= 0.6 is 11.9 Å². The Labute approximate surface area is 223 Å². The highest BCUT2D eigenvalue weighted by Crippen LogP contribution is 2.45. The van der Waals surface area contributed by atoms with E-state index in [0.717, 1.165) is 28.6 Å². The van der Waals surface area contributed by atoms with Gasteiger partial charge in [0.25, 0.3) is 10.0 Å². The predicted molar refractivity (Wildman–Crippen MR) is 137 cm³/mol. The molecule has 2 aromatic rings. The van der Waals surface area contributed by atoms with Gasteiger partial charge in [0.15, 0.2) is 0 Å². The Bertz CT molecular complexity index is 1250. The van der Waals surface area contributed by atoms with Crippen LogP contribution in [0, 0.1) is 5.82 Å². The molecule has 1 aliphatic carbocycles. The number of alkyl halides is 3. The molecule has 8 nitrogen and oxygen atoms in total. The molecule has 0 bridgehead atoms. The molecule has 14 heteroatoms.